The number of aromatic nitrogens is 3. The van der Waals surface area contributed by atoms with Crippen molar-refractivity contribution in [2.24, 2.45) is 0 Å². The first-order valence-corrected chi connectivity index (χ1v) is 9.10. The summed E-state index contributed by atoms with van der Waals surface area (Å²) < 4.78 is 7.35. The van der Waals surface area contributed by atoms with Crippen LogP contribution in [0, 0.1) is 0 Å². The molecular formula is C23H19N3O. The summed E-state index contributed by atoms with van der Waals surface area (Å²) in [6.07, 6.45) is 5.73. The lowest BCUT2D eigenvalue weighted by atomic mass is 9.88. The van der Waals surface area contributed by atoms with Crippen LogP contribution in [-0.4, -0.2) is 21.9 Å². The first-order chi connectivity index (χ1) is 13.3. The molecular weight excluding hydrogens is 334 g/mol. The van der Waals surface area contributed by atoms with E-state index >= 15 is 0 Å². The summed E-state index contributed by atoms with van der Waals surface area (Å²) in [6.45, 7) is 0. The van der Waals surface area contributed by atoms with Crippen LogP contribution in [0.15, 0.2) is 73.1 Å². The lowest BCUT2D eigenvalue weighted by Gasteiger charge is -2.16. The molecule has 4 aromatic rings. The SMILES string of the molecule is COc1ccc(-n2nc3c(c2-c2cccnc2)CCc2ccccc2-3)cc1. The van der Waals surface area contributed by atoms with E-state index in [9.17, 15) is 0 Å². The van der Waals surface area contributed by atoms with Crippen LogP contribution in [0.25, 0.3) is 28.2 Å². The summed E-state index contributed by atoms with van der Waals surface area (Å²) in [5.41, 5.74) is 8.18. The molecule has 0 N–H and O–H groups in total. The average Bonchev–Trinajstić information content (AvgIpc) is 3.14. The number of hydrogen-bond acceptors (Lipinski definition) is 3. The predicted octanol–water partition coefficient (Wildman–Crippen LogP) is 4.71. The van der Waals surface area contributed by atoms with Crippen LogP contribution >= 0.6 is 0 Å². The molecule has 2 aromatic heterocycles. The molecule has 2 aromatic carbocycles. The van der Waals surface area contributed by atoms with Crippen molar-refractivity contribution in [3.63, 3.8) is 0 Å². The summed E-state index contributed by atoms with van der Waals surface area (Å²) in [6, 6.07) is 20.7. The Hall–Kier alpha value is -3.40. The molecule has 5 rings (SSSR count). The van der Waals surface area contributed by atoms with Gasteiger partial charge in [0.25, 0.3) is 0 Å². The fraction of sp³-hybridized carbons (Fsp3) is 0.130. The van der Waals surface area contributed by atoms with Gasteiger partial charge < -0.3 is 4.74 Å². The minimum absolute atomic E-state index is 0.837. The van der Waals surface area contributed by atoms with Crippen LogP contribution in [0.5, 0.6) is 5.75 Å². The third-order valence-electron chi connectivity index (χ3n) is 5.15. The molecule has 0 spiro atoms. The van der Waals surface area contributed by atoms with Gasteiger partial charge in [0.1, 0.15) is 5.75 Å². The van der Waals surface area contributed by atoms with Crippen molar-refractivity contribution in [2.45, 2.75) is 12.8 Å². The third kappa shape index (κ3) is 2.61. The lowest BCUT2D eigenvalue weighted by Crippen LogP contribution is -2.03. The molecule has 1 aliphatic carbocycles. The van der Waals surface area contributed by atoms with Crippen LogP contribution in [0.3, 0.4) is 0 Å². The number of aryl methyl sites for hydroxylation is 1. The maximum absolute atomic E-state index is 5.31. The Morgan fingerprint density at radius 1 is 0.926 bits per heavy atom. The lowest BCUT2D eigenvalue weighted by molar-refractivity contribution is 0.414. The van der Waals surface area contributed by atoms with Crippen molar-refractivity contribution >= 4 is 0 Å². The molecule has 4 heteroatoms. The Kier molecular flexibility index (Phi) is 3.75. The molecule has 0 atom stereocenters. The second kappa shape index (κ2) is 6.40. The van der Waals surface area contributed by atoms with Crippen LogP contribution in [-0.2, 0) is 12.8 Å². The van der Waals surface area contributed by atoms with Gasteiger partial charge in [-0.1, -0.05) is 24.3 Å². The number of pyridine rings is 1. The summed E-state index contributed by atoms with van der Waals surface area (Å²) in [7, 11) is 1.68. The molecule has 0 bridgehead atoms. The molecule has 4 nitrogen and oxygen atoms in total. The molecule has 0 fully saturated rings. The number of nitrogens with zero attached hydrogens (tertiary/aromatic N) is 3. The molecule has 0 amide bonds. The van der Waals surface area contributed by atoms with E-state index in [1.165, 1.54) is 16.7 Å². The highest BCUT2D eigenvalue weighted by atomic mass is 16.5. The van der Waals surface area contributed by atoms with Crippen LogP contribution in [0.1, 0.15) is 11.1 Å². The number of benzene rings is 2. The van der Waals surface area contributed by atoms with Crippen molar-refractivity contribution in [2.75, 3.05) is 7.11 Å². The number of fused-ring (bicyclic) bond motifs is 3. The van der Waals surface area contributed by atoms with Gasteiger partial charge in [-0.05, 0) is 54.8 Å². The number of rotatable bonds is 3. The van der Waals surface area contributed by atoms with Gasteiger partial charge in [0.2, 0.25) is 0 Å². The molecule has 27 heavy (non-hydrogen) atoms. The highest BCUT2D eigenvalue weighted by molar-refractivity contribution is 5.79. The summed E-state index contributed by atoms with van der Waals surface area (Å²) >= 11 is 0. The van der Waals surface area contributed by atoms with E-state index < -0.39 is 0 Å². The minimum atomic E-state index is 0.837. The zero-order valence-corrected chi connectivity index (χ0v) is 15.1. The largest absolute Gasteiger partial charge is 0.497 e. The Labute approximate surface area is 158 Å². The number of ether oxygens (including phenoxy) is 1. The zero-order chi connectivity index (χ0) is 18.2. The van der Waals surface area contributed by atoms with Crippen molar-refractivity contribution in [1.29, 1.82) is 0 Å². The second-order valence-corrected chi connectivity index (χ2v) is 6.68. The highest BCUT2D eigenvalue weighted by Gasteiger charge is 2.26. The quantitative estimate of drug-likeness (QED) is 0.535. The van der Waals surface area contributed by atoms with Gasteiger partial charge in [0, 0.05) is 29.1 Å². The maximum atomic E-state index is 5.31. The van der Waals surface area contributed by atoms with Crippen molar-refractivity contribution < 1.29 is 4.74 Å². The monoisotopic (exact) mass is 353 g/mol. The van der Waals surface area contributed by atoms with Crippen molar-refractivity contribution in [3.05, 3.63) is 84.2 Å². The van der Waals surface area contributed by atoms with E-state index in [4.69, 9.17) is 9.84 Å². The van der Waals surface area contributed by atoms with Crippen LogP contribution in [0.4, 0.5) is 0 Å². The van der Waals surface area contributed by atoms with Crippen LogP contribution < -0.4 is 4.74 Å². The fourth-order valence-corrected chi connectivity index (χ4v) is 3.84. The Morgan fingerprint density at radius 2 is 1.78 bits per heavy atom. The topological polar surface area (TPSA) is 39.9 Å². The molecule has 0 saturated heterocycles. The number of hydrogen-bond donors (Lipinski definition) is 0. The fourth-order valence-electron chi connectivity index (χ4n) is 3.84. The van der Waals surface area contributed by atoms with Gasteiger partial charge in [0.05, 0.1) is 24.2 Å². The molecule has 0 unspecified atom stereocenters. The van der Waals surface area contributed by atoms with E-state index in [0.717, 1.165) is 41.2 Å². The van der Waals surface area contributed by atoms with Crippen molar-refractivity contribution in [1.82, 2.24) is 14.8 Å². The average molecular weight is 353 g/mol. The Balaban J connectivity index is 1.77. The normalized spacial score (nSPS) is 12.3. The second-order valence-electron chi connectivity index (χ2n) is 6.68. The van der Waals surface area contributed by atoms with Crippen LogP contribution in [0.2, 0.25) is 0 Å². The third-order valence-corrected chi connectivity index (χ3v) is 5.15. The molecule has 2 heterocycles. The van der Waals surface area contributed by atoms with Gasteiger partial charge in [-0.15, -0.1) is 0 Å². The van der Waals surface area contributed by atoms with Gasteiger partial charge in [0.15, 0.2) is 0 Å². The van der Waals surface area contributed by atoms with Gasteiger partial charge in [-0.2, -0.15) is 5.10 Å². The zero-order valence-electron chi connectivity index (χ0n) is 15.1. The minimum Gasteiger partial charge on any atom is -0.497 e. The summed E-state index contributed by atoms with van der Waals surface area (Å²) in [4.78, 5) is 4.33. The van der Waals surface area contributed by atoms with Gasteiger partial charge >= 0.3 is 0 Å². The highest BCUT2D eigenvalue weighted by Crippen LogP contribution is 2.39. The Bertz CT molecular complexity index is 1100. The first kappa shape index (κ1) is 15.8. The molecule has 132 valence electrons. The molecule has 0 aliphatic heterocycles. The number of methoxy groups -OCH3 is 1. The van der Waals surface area contributed by atoms with Gasteiger partial charge in [-0.25, -0.2) is 4.68 Å². The maximum Gasteiger partial charge on any atom is 0.119 e. The Morgan fingerprint density at radius 3 is 2.56 bits per heavy atom. The van der Waals surface area contributed by atoms with Gasteiger partial charge in [-0.3, -0.25) is 4.98 Å². The molecule has 0 radical (unpaired) electrons. The van der Waals surface area contributed by atoms with E-state index in [2.05, 4.69) is 35.3 Å². The summed E-state index contributed by atoms with van der Waals surface area (Å²) in [5, 5.41) is 5.04. The van der Waals surface area contributed by atoms with E-state index in [0.29, 0.717) is 0 Å². The smallest absolute Gasteiger partial charge is 0.119 e. The van der Waals surface area contributed by atoms with E-state index in [1.807, 2.05) is 41.2 Å². The summed E-state index contributed by atoms with van der Waals surface area (Å²) in [5.74, 6) is 0.837. The standard InChI is InChI=1S/C23H19N3O/c1-27-19-11-9-18(10-12-19)26-23(17-6-4-14-24-15-17)21-13-8-16-5-2-3-7-20(16)22(21)25-26/h2-7,9-12,14-15H,8,13H2,1H3. The first-order valence-electron chi connectivity index (χ1n) is 9.10. The van der Waals surface area contributed by atoms with Crippen molar-refractivity contribution in [3.8, 4) is 34.0 Å². The van der Waals surface area contributed by atoms with E-state index in [1.54, 1.807) is 13.3 Å². The molecule has 1 aliphatic rings. The predicted molar refractivity (Wildman–Crippen MR) is 106 cm³/mol. The molecule has 0 saturated carbocycles. The van der Waals surface area contributed by atoms with E-state index in [-0.39, 0.29) is 0 Å².